The van der Waals surface area contributed by atoms with Gasteiger partial charge >= 0.3 is 0 Å². The highest BCUT2D eigenvalue weighted by Gasteiger charge is 2.47. The van der Waals surface area contributed by atoms with Gasteiger partial charge in [0.1, 0.15) is 5.82 Å². The molecule has 126 valence electrons. The molecular weight excluding hydrogens is 305 g/mol. The number of benzene rings is 1. The molecular formula is C19H22FN3O. The smallest absolute Gasteiger partial charge is 0.226 e. The molecule has 1 aliphatic heterocycles. The summed E-state index contributed by atoms with van der Waals surface area (Å²) >= 11 is 0. The number of hydrogen-bond donors (Lipinski definition) is 0. The number of nitrogens with zero attached hydrogens (tertiary/aromatic N) is 3. The quantitative estimate of drug-likeness (QED) is 0.865. The SMILES string of the molecule is O=C([C@@H]1C[C@H]1c1ccc(F)cc1)N1CCCC[C@H]1Cn1cccn1. The number of piperidine rings is 1. The van der Waals surface area contributed by atoms with Crippen LogP contribution in [-0.2, 0) is 11.3 Å². The summed E-state index contributed by atoms with van der Waals surface area (Å²) in [6.45, 7) is 1.62. The zero-order chi connectivity index (χ0) is 16.5. The Balaban J connectivity index is 1.43. The largest absolute Gasteiger partial charge is 0.338 e. The first-order chi connectivity index (χ1) is 11.7. The van der Waals surface area contributed by atoms with E-state index in [0.717, 1.165) is 37.9 Å². The standard InChI is InChI=1S/C19H22FN3O/c20-15-7-5-14(6-8-15)17-12-18(17)19(24)23-11-2-1-4-16(23)13-22-10-3-9-21-22/h3,5-10,16-18H,1-2,4,11-13H2/t16-,17-,18+/m0/s1. The molecule has 2 aromatic rings. The second kappa shape index (κ2) is 6.38. The molecule has 2 aliphatic rings. The first kappa shape index (κ1) is 15.4. The van der Waals surface area contributed by atoms with Gasteiger partial charge in [-0.25, -0.2) is 4.39 Å². The van der Waals surface area contributed by atoms with E-state index in [1.807, 2.05) is 29.1 Å². The number of halogens is 1. The van der Waals surface area contributed by atoms with Crippen LogP contribution < -0.4 is 0 Å². The van der Waals surface area contributed by atoms with Crippen molar-refractivity contribution in [2.24, 2.45) is 5.92 Å². The van der Waals surface area contributed by atoms with Gasteiger partial charge in [-0.2, -0.15) is 5.10 Å². The van der Waals surface area contributed by atoms with E-state index >= 15 is 0 Å². The van der Waals surface area contributed by atoms with E-state index < -0.39 is 0 Å². The van der Waals surface area contributed by atoms with Crippen molar-refractivity contribution in [3.05, 3.63) is 54.1 Å². The maximum absolute atomic E-state index is 13.1. The molecule has 0 spiro atoms. The van der Waals surface area contributed by atoms with Gasteiger partial charge in [0.05, 0.1) is 12.6 Å². The lowest BCUT2D eigenvalue weighted by molar-refractivity contribution is -0.136. The van der Waals surface area contributed by atoms with E-state index in [1.54, 1.807) is 6.20 Å². The fourth-order valence-corrected chi connectivity index (χ4v) is 3.86. The van der Waals surface area contributed by atoms with Crippen LogP contribution in [0.2, 0.25) is 0 Å². The lowest BCUT2D eigenvalue weighted by Crippen LogP contribution is -2.46. The van der Waals surface area contributed by atoms with E-state index in [1.165, 1.54) is 18.6 Å². The molecule has 3 atom stereocenters. The molecule has 24 heavy (non-hydrogen) atoms. The van der Waals surface area contributed by atoms with Gasteiger partial charge in [-0.05, 0) is 55.4 Å². The summed E-state index contributed by atoms with van der Waals surface area (Å²) in [6, 6.07) is 8.74. The number of aromatic nitrogens is 2. The van der Waals surface area contributed by atoms with Crippen LogP contribution in [0.25, 0.3) is 0 Å². The zero-order valence-electron chi connectivity index (χ0n) is 13.6. The number of carbonyl (C=O) groups is 1. The highest BCUT2D eigenvalue weighted by molar-refractivity contribution is 5.83. The first-order valence-electron chi connectivity index (χ1n) is 8.76. The molecule has 0 unspecified atom stereocenters. The monoisotopic (exact) mass is 327 g/mol. The van der Waals surface area contributed by atoms with Crippen LogP contribution in [0.3, 0.4) is 0 Å². The highest BCUT2D eigenvalue weighted by Crippen LogP contribution is 2.49. The predicted octanol–water partition coefficient (Wildman–Crippen LogP) is 3.21. The Labute approximate surface area is 141 Å². The van der Waals surface area contributed by atoms with E-state index in [0.29, 0.717) is 0 Å². The Bertz CT molecular complexity index is 698. The van der Waals surface area contributed by atoms with Gasteiger partial charge in [0.25, 0.3) is 0 Å². The molecule has 1 aliphatic carbocycles. The van der Waals surface area contributed by atoms with Crippen molar-refractivity contribution in [2.75, 3.05) is 6.54 Å². The Morgan fingerprint density at radius 2 is 2.08 bits per heavy atom. The number of rotatable bonds is 4. The third-order valence-corrected chi connectivity index (χ3v) is 5.27. The van der Waals surface area contributed by atoms with Crippen LogP contribution in [0.15, 0.2) is 42.7 Å². The third kappa shape index (κ3) is 3.07. The number of likely N-dealkylation sites (tertiary alicyclic amines) is 1. The van der Waals surface area contributed by atoms with Crippen molar-refractivity contribution in [1.29, 1.82) is 0 Å². The Morgan fingerprint density at radius 1 is 1.25 bits per heavy atom. The molecule has 0 radical (unpaired) electrons. The molecule has 1 saturated carbocycles. The summed E-state index contributed by atoms with van der Waals surface area (Å²) in [6.07, 6.45) is 7.90. The molecule has 2 fully saturated rings. The molecule has 1 aromatic heterocycles. The normalized spacial score (nSPS) is 26.4. The van der Waals surface area contributed by atoms with Crippen molar-refractivity contribution >= 4 is 5.91 Å². The summed E-state index contributed by atoms with van der Waals surface area (Å²) in [5, 5.41) is 4.28. The van der Waals surface area contributed by atoms with Gasteiger partial charge in [0, 0.05) is 24.9 Å². The van der Waals surface area contributed by atoms with E-state index in [2.05, 4.69) is 10.00 Å². The lowest BCUT2D eigenvalue weighted by Gasteiger charge is -2.36. The van der Waals surface area contributed by atoms with Gasteiger partial charge in [0.15, 0.2) is 0 Å². The fourth-order valence-electron chi connectivity index (χ4n) is 3.86. The molecule has 0 N–H and O–H groups in total. The minimum absolute atomic E-state index is 0.0636. The van der Waals surface area contributed by atoms with Crippen LogP contribution in [0.5, 0.6) is 0 Å². The first-order valence-corrected chi connectivity index (χ1v) is 8.76. The maximum atomic E-state index is 13.1. The summed E-state index contributed by atoms with van der Waals surface area (Å²) < 4.78 is 15.0. The second-order valence-corrected chi connectivity index (χ2v) is 6.91. The highest BCUT2D eigenvalue weighted by atomic mass is 19.1. The molecule has 4 rings (SSSR count). The van der Waals surface area contributed by atoms with Crippen LogP contribution >= 0.6 is 0 Å². The number of hydrogen-bond acceptors (Lipinski definition) is 2. The minimum Gasteiger partial charge on any atom is -0.338 e. The van der Waals surface area contributed by atoms with E-state index in [9.17, 15) is 9.18 Å². The lowest BCUT2D eigenvalue weighted by atomic mass is 10.0. The van der Waals surface area contributed by atoms with Crippen molar-refractivity contribution in [3.8, 4) is 0 Å². The second-order valence-electron chi connectivity index (χ2n) is 6.91. The van der Waals surface area contributed by atoms with Gasteiger partial charge < -0.3 is 4.90 Å². The Hall–Kier alpha value is -2.17. The van der Waals surface area contributed by atoms with Crippen LogP contribution in [0.1, 0.15) is 37.2 Å². The topological polar surface area (TPSA) is 38.1 Å². The molecule has 1 amide bonds. The molecule has 2 heterocycles. The molecule has 5 heteroatoms. The maximum Gasteiger partial charge on any atom is 0.226 e. The van der Waals surface area contributed by atoms with Gasteiger partial charge in [-0.3, -0.25) is 9.48 Å². The summed E-state index contributed by atoms with van der Waals surface area (Å²) in [5.41, 5.74) is 1.08. The van der Waals surface area contributed by atoms with Crippen molar-refractivity contribution in [1.82, 2.24) is 14.7 Å². The average molecular weight is 327 g/mol. The van der Waals surface area contributed by atoms with Crippen molar-refractivity contribution < 1.29 is 9.18 Å². The van der Waals surface area contributed by atoms with E-state index in [-0.39, 0.29) is 29.6 Å². The van der Waals surface area contributed by atoms with Crippen molar-refractivity contribution in [3.63, 3.8) is 0 Å². The summed E-state index contributed by atoms with van der Waals surface area (Å²) in [7, 11) is 0. The van der Waals surface area contributed by atoms with Crippen LogP contribution in [0.4, 0.5) is 4.39 Å². The molecule has 4 nitrogen and oxygen atoms in total. The van der Waals surface area contributed by atoms with Gasteiger partial charge in [-0.1, -0.05) is 12.1 Å². The predicted molar refractivity (Wildman–Crippen MR) is 88.8 cm³/mol. The molecule has 1 aromatic carbocycles. The number of carbonyl (C=O) groups excluding carboxylic acids is 1. The van der Waals surface area contributed by atoms with Gasteiger partial charge in [0.2, 0.25) is 5.91 Å². The van der Waals surface area contributed by atoms with Gasteiger partial charge in [-0.15, -0.1) is 0 Å². The third-order valence-electron chi connectivity index (χ3n) is 5.27. The van der Waals surface area contributed by atoms with Crippen LogP contribution in [0, 0.1) is 11.7 Å². The average Bonchev–Trinajstić information content (AvgIpc) is 3.24. The summed E-state index contributed by atoms with van der Waals surface area (Å²) in [4.78, 5) is 15.0. The minimum atomic E-state index is -0.224. The fraction of sp³-hybridized carbons (Fsp3) is 0.474. The zero-order valence-corrected chi connectivity index (χ0v) is 13.6. The van der Waals surface area contributed by atoms with Crippen LogP contribution in [-0.4, -0.2) is 33.2 Å². The Morgan fingerprint density at radius 3 is 2.83 bits per heavy atom. The number of amides is 1. The molecule has 0 bridgehead atoms. The van der Waals surface area contributed by atoms with Crippen molar-refractivity contribution in [2.45, 2.75) is 44.2 Å². The summed E-state index contributed by atoms with van der Waals surface area (Å²) in [5.74, 6) is 0.359. The Kier molecular flexibility index (Phi) is 4.08. The van der Waals surface area contributed by atoms with E-state index in [4.69, 9.17) is 0 Å². The molecule has 1 saturated heterocycles.